The molecule has 0 aromatic carbocycles. The molecular weight excluding hydrogens is 1700 g/mol. The first-order valence-corrected chi connectivity index (χ1v) is 42.3. The summed E-state index contributed by atoms with van der Waals surface area (Å²) in [6, 6.07) is 0. The van der Waals surface area contributed by atoms with Gasteiger partial charge in [-0.25, -0.2) is 0 Å². The number of ketones is 2. The van der Waals surface area contributed by atoms with Crippen LogP contribution in [0.3, 0.4) is 0 Å². The fraction of sp³-hybridized carbons (Fsp3) is 0.895. The SMILES string of the molecule is CCC(=O)CCCCCNC(=O)CN(CC(=O)NCCO[C@H]1O[C@@H](C)[C@@H](O)[C@@H](O)[C@@H]1O)CC(=O)N(CCOC1O[C@H](CO)[C@@H](O)[C@H](O)[C@@H]1O)CCOC1O[C@H](CO)[C@@H](O)[C@H](O)[C@@H]1O.CCC(=O)CCCCCNC(=O)CN(CC(=O)NCCO[C@H]1O[C@@H](C)[C@@H](O)[C@@H](O)[C@@H]1O)CC(=O)N(CCOC1O[C@H](CO)[C@@H](O)[C@H](O)[C@@H]1O)CCOC1O[C@H](CO)[C@@H](O)[C@H](O)[C@@H]1O. The third-order valence-corrected chi connectivity index (χ3v) is 21.6. The number of ether oxygens (including phenoxy) is 12. The fourth-order valence-electron chi connectivity index (χ4n) is 13.7. The highest BCUT2D eigenvalue weighted by atomic mass is 16.7. The van der Waals surface area contributed by atoms with Crippen molar-refractivity contribution in [2.45, 2.75) is 276 Å². The average Bonchev–Trinajstić information content (AvgIpc) is 0.835. The minimum absolute atomic E-state index is 0.132. The van der Waals surface area contributed by atoms with Crippen LogP contribution in [0, 0.1) is 0 Å². The van der Waals surface area contributed by atoms with Crippen molar-refractivity contribution in [3.63, 3.8) is 0 Å². The number of nitrogens with zero attached hydrogens (tertiary/aromatic N) is 4. The number of carbonyl (C=O) groups is 8. The molecule has 0 bridgehead atoms. The van der Waals surface area contributed by atoms with E-state index in [1.54, 1.807) is 13.8 Å². The van der Waals surface area contributed by atoms with Crippen molar-refractivity contribution < 1.29 is 208 Å². The summed E-state index contributed by atoms with van der Waals surface area (Å²) in [4.78, 5) is 108. The molecule has 30 atom stereocenters. The molecule has 6 rings (SSSR count). The van der Waals surface area contributed by atoms with Crippen LogP contribution < -0.4 is 21.3 Å². The van der Waals surface area contributed by atoms with Crippen LogP contribution >= 0.6 is 0 Å². The molecule has 0 spiro atoms. The van der Waals surface area contributed by atoms with Crippen LogP contribution in [0.25, 0.3) is 0 Å². The van der Waals surface area contributed by atoms with E-state index in [1.807, 2.05) is 0 Å². The Morgan fingerprint density at radius 3 is 0.754 bits per heavy atom. The molecular formula is C76H136N8O42. The molecule has 126 heavy (non-hydrogen) atoms. The van der Waals surface area contributed by atoms with Crippen molar-refractivity contribution in [2.75, 3.05) is 158 Å². The summed E-state index contributed by atoms with van der Waals surface area (Å²) < 4.78 is 65.4. The van der Waals surface area contributed by atoms with Crippen LogP contribution in [0.15, 0.2) is 0 Å². The molecule has 6 fully saturated rings. The maximum atomic E-state index is 14.0. The second-order valence-electron chi connectivity index (χ2n) is 31.2. The molecule has 26 N–H and O–H groups in total. The highest BCUT2D eigenvalue weighted by Crippen LogP contribution is 2.28. The molecule has 0 aromatic rings. The van der Waals surface area contributed by atoms with E-state index in [0.717, 1.165) is 9.80 Å². The number of amides is 6. The van der Waals surface area contributed by atoms with Gasteiger partial charge in [0.15, 0.2) is 37.7 Å². The number of rotatable bonds is 54. The Morgan fingerprint density at radius 1 is 0.278 bits per heavy atom. The molecule has 4 unspecified atom stereocenters. The van der Waals surface area contributed by atoms with E-state index in [4.69, 9.17) is 56.8 Å². The minimum atomic E-state index is -1.75. The molecule has 0 aromatic heterocycles. The summed E-state index contributed by atoms with van der Waals surface area (Å²) >= 11 is 0. The minimum Gasteiger partial charge on any atom is -0.394 e. The van der Waals surface area contributed by atoms with Gasteiger partial charge in [0.1, 0.15) is 146 Å². The van der Waals surface area contributed by atoms with Crippen molar-refractivity contribution in [1.82, 2.24) is 40.9 Å². The van der Waals surface area contributed by atoms with Gasteiger partial charge in [-0.15, -0.1) is 0 Å². The van der Waals surface area contributed by atoms with E-state index < -0.39 is 285 Å². The summed E-state index contributed by atoms with van der Waals surface area (Å²) in [5, 5.41) is 232. The molecule has 50 nitrogen and oxygen atoms in total. The molecule has 6 amide bonds. The lowest BCUT2D eigenvalue weighted by Crippen LogP contribution is -2.59. The quantitative estimate of drug-likeness (QED) is 0.0251. The van der Waals surface area contributed by atoms with E-state index in [9.17, 15) is 151 Å². The number of hydrogen-bond acceptors (Lipinski definition) is 44. The summed E-state index contributed by atoms with van der Waals surface area (Å²) in [6.45, 7) is -2.22. The Balaban J connectivity index is 0.000000447. The van der Waals surface area contributed by atoms with Gasteiger partial charge in [0.2, 0.25) is 35.4 Å². The molecule has 0 aliphatic carbocycles. The Kier molecular flexibility index (Phi) is 51.1. The van der Waals surface area contributed by atoms with Crippen LogP contribution in [0.5, 0.6) is 0 Å². The smallest absolute Gasteiger partial charge is 0.236 e. The van der Waals surface area contributed by atoms with Crippen molar-refractivity contribution >= 4 is 47.0 Å². The van der Waals surface area contributed by atoms with Crippen molar-refractivity contribution in [2.24, 2.45) is 0 Å². The number of nitrogens with one attached hydrogen (secondary N) is 4. The zero-order valence-corrected chi connectivity index (χ0v) is 71.2. The van der Waals surface area contributed by atoms with E-state index in [-0.39, 0.29) is 104 Å². The normalized spacial score (nSPS) is 33.5. The van der Waals surface area contributed by atoms with Crippen molar-refractivity contribution in [1.29, 1.82) is 0 Å². The Morgan fingerprint density at radius 2 is 0.508 bits per heavy atom. The van der Waals surface area contributed by atoms with E-state index in [0.29, 0.717) is 64.2 Å². The van der Waals surface area contributed by atoms with Gasteiger partial charge >= 0.3 is 0 Å². The summed E-state index contributed by atoms with van der Waals surface area (Å²) in [5.74, 6) is -3.52. The van der Waals surface area contributed by atoms with Gasteiger partial charge in [-0.3, -0.25) is 48.2 Å². The monoisotopic (exact) mass is 1830 g/mol. The lowest BCUT2D eigenvalue weighted by Gasteiger charge is -2.40. The van der Waals surface area contributed by atoms with Crippen LogP contribution in [0.4, 0.5) is 0 Å². The summed E-state index contributed by atoms with van der Waals surface area (Å²) in [6.07, 6.45) is -39.6. The van der Waals surface area contributed by atoms with E-state index in [2.05, 4.69) is 21.3 Å². The lowest BCUT2D eigenvalue weighted by atomic mass is 9.99. The Hall–Kier alpha value is -5.28. The topological polar surface area (TPSA) is 753 Å². The standard InChI is InChI=1S/2C38H68N4O21/c2*1-3-21(45)7-5-4-6-8-39-24(46)15-41(16-25(47)40-9-12-58-36-33(55)30(52)27(49)20(2)61-36)17-26(48)42(10-13-59-37-34(56)31(53)28(50)22(18-43)62-37)11-14-60-38-35(57)32(54)29(51)23(19-44)63-38/h2*20,22-23,27-38,43-44,49-57H,3-19H2,1-2H3,(H,39,46)(H,40,47)/t2*20-,22+,23+,27+,28+,29+,30+,31-,32-,33-,34-,35-,36-,37?,38?/m00/s1. The van der Waals surface area contributed by atoms with Gasteiger partial charge in [0.25, 0.3) is 0 Å². The zero-order valence-electron chi connectivity index (χ0n) is 71.2. The third kappa shape index (κ3) is 35.7. The first-order chi connectivity index (χ1) is 59.9. The summed E-state index contributed by atoms with van der Waals surface area (Å²) in [7, 11) is 0. The average molecular weight is 1830 g/mol. The van der Waals surface area contributed by atoms with Crippen molar-refractivity contribution in [3.05, 3.63) is 0 Å². The molecule has 6 aliphatic rings. The molecule has 6 saturated heterocycles. The van der Waals surface area contributed by atoms with Gasteiger partial charge in [0, 0.05) is 78.0 Å². The molecule has 0 saturated carbocycles. The molecule has 732 valence electrons. The van der Waals surface area contributed by atoms with E-state index in [1.165, 1.54) is 23.6 Å². The predicted molar refractivity (Wildman–Crippen MR) is 421 cm³/mol. The Labute approximate surface area is 726 Å². The number of aliphatic hydroxyl groups excluding tert-OH is 22. The number of unbranched alkanes of at least 4 members (excludes halogenated alkanes) is 4. The molecule has 6 heterocycles. The maximum absolute atomic E-state index is 14.0. The maximum Gasteiger partial charge on any atom is 0.236 e. The Bertz CT molecular complexity index is 2890. The van der Waals surface area contributed by atoms with Crippen molar-refractivity contribution in [3.8, 4) is 0 Å². The van der Waals surface area contributed by atoms with Crippen LogP contribution in [-0.4, -0.2) is 521 Å². The molecule has 6 aliphatic heterocycles. The second kappa shape index (κ2) is 57.9. The van der Waals surface area contributed by atoms with Crippen LogP contribution in [0.1, 0.15) is 91.9 Å². The van der Waals surface area contributed by atoms with E-state index >= 15 is 0 Å². The largest absolute Gasteiger partial charge is 0.394 e. The van der Waals surface area contributed by atoms with Gasteiger partial charge in [-0.1, -0.05) is 26.7 Å². The van der Waals surface area contributed by atoms with Crippen LogP contribution in [-0.2, 0) is 95.2 Å². The lowest BCUT2D eigenvalue weighted by molar-refractivity contribution is -0.303. The van der Waals surface area contributed by atoms with Gasteiger partial charge in [-0.05, 0) is 39.5 Å². The highest BCUT2D eigenvalue weighted by molar-refractivity contribution is 5.85. The number of carbonyl (C=O) groups excluding carboxylic acids is 8. The fourth-order valence-corrected chi connectivity index (χ4v) is 13.7. The van der Waals surface area contributed by atoms with Gasteiger partial charge in [-0.2, -0.15) is 0 Å². The third-order valence-electron chi connectivity index (χ3n) is 21.6. The number of aliphatic hydroxyl groups is 22. The summed E-state index contributed by atoms with van der Waals surface area (Å²) in [5.41, 5.74) is 0. The number of Topliss-reactive ketones (excluding diaryl/α,β-unsaturated/α-hetero) is 2. The second-order valence-corrected chi connectivity index (χ2v) is 31.2. The van der Waals surface area contributed by atoms with Crippen LogP contribution in [0.2, 0.25) is 0 Å². The van der Waals surface area contributed by atoms with Gasteiger partial charge < -0.3 is 200 Å². The molecule has 50 heteroatoms. The highest BCUT2D eigenvalue weighted by Gasteiger charge is 2.50. The zero-order chi connectivity index (χ0) is 93.6. The first-order valence-electron chi connectivity index (χ1n) is 42.3. The predicted octanol–water partition coefficient (Wildman–Crippen LogP) is -15.3. The first kappa shape index (κ1) is 111. The molecule has 0 radical (unpaired) electrons. The number of hydrogen-bond donors (Lipinski definition) is 26. The van der Waals surface area contributed by atoms with Gasteiger partial charge in [0.05, 0.1) is 118 Å².